The van der Waals surface area contributed by atoms with Crippen LogP contribution in [0.25, 0.3) is 0 Å². The predicted molar refractivity (Wildman–Crippen MR) is 142 cm³/mol. The molecule has 1 aromatic carbocycles. The molecule has 4 nitrogen and oxygen atoms in total. The molecule has 8 atom stereocenters. The molecule has 0 amide bonds. The summed E-state index contributed by atoms with van der Waals surface area (Å²) in [6.07, 6.45) is 10.2. The van der Waals surface area contributed by atoms with Crippen LogP contribution in [0.3, 0.4) is 0 Å². The molecule has 5 rings (SSSR count). The molecule has 0 spiro atoms. The second-order valence-corrected chi connectivity index (χ2v) is 13.6. The first-order valence-electron chi connectivity index (χ1n) is 14.6. The van der Waals surface area contributed by atoms with E-state index in [-0.39, 0.29) is 16.8 Å². The number of benzene rings is 1. The first-order chi connectivity index (χ1) is 17.0. The van der Waals surface area contributed by atoms with Gasteiger partial charge in [0.05, 0.1) is 30.3 Å². The van der Waals surface area contributed by atoms with Crippen molar-refractivity contribution in [1.82, 2.24) is 0 Å². The van der Waals surface area contributed by atoms with Gasteiger partial charge in [-0.3, -0.25) is 4.79 Å². The zero-order chi connectivity index (χ0) is 25.8. The third-order valence-electron chi connectivity index (χ3n) is 11.9. The number of carbonyl (C=O) groups excluding carboxylic acids is 1. The smallest absolute Gasteiger partial charge is 0.314 e. The standard InChI is InChI=1S/C32H48O4/c1-6-35-28(33)29(2,3)32(34)19-18-30(4)23(20-32)12-13-24-25-14-15-27(31(25,5)17-16-26(24)30)36-21-22-10-8-7-9-11-22/h7-11,23-27,34H,6,12-21H2,1-5H3/t23-,24?,25?,26?,27-,30-,31-,32?/m0/s1. The number of carbonyl (C=O) groups is 1. The number of esters is 1. The van der Waals surface area contributed by atoms with Crippen molar-refractivity contribution in [1.29, 1.82) is 0 Å². The molecule has 0 radical (unpaired) electrons. The van der Waals surface area contributed by atoms with Crippen molar-refractivity contribution in [2.24, 2.45) is 39.9 Å². The summed E-state index contributed by atoms with van der Waals surface area (Å²) in [7, 11) is 0. The van der Waals surface area contributed by atoms with Gasteiger partial charge < -0.3 is 14.6 Å². The number of hydrogen-bond donors (Lipinski definition) is 1. The third-order valence-corrected chi connectivity index (χ3v) is 11.9. The number of hydrogen-bond acceptors (Lipinski definition) is 4. The van der Waals surface area contributed by atoms with Gasteiger partial charge in [-0.1, -0.05) is 44.2 Å². The highest BCUT2D eigenvalue weighted by Gasteiger charge is 2.63. The summed E-state index contributed by atoms with van der Waals surface area (Å²) in [5, 5.41) is 11.8. The van der Waals surface area contributed by atoms with E-state index < -0.39 is 11.0 Å². The highest BCUT2D eigenvalue weighted by Crippen LogP contribution is 2.68. The quantitative estimate of drug-likeness (QED) is 0.434. The summed E-state index contributed by atoms with van der Waals surface area (Å²) in [6.45, 7) is 11.7. The minimum absolute atomic E-state index is 0.254. The Hall–Kier alpha value is -1.39. The molecule has 4 unspecified atom stereocenters. The van der Waals surface area contributed by atoms with Gasteiger partial charge in [-0.25, -0.2) is 0 Å². The van der Waals surface area contributed by atoms with Gasteiger partial charge in [-0.15, -0.1) is 0 Å². The summed E-state index contributed by atoms with van der Waals surface area (Å²) in [6, 6.07) is 10.6. The van der Waals surface area contributed by atoms with Crippen molar-refractivity contribution < 1.29 is 19.4 Å². The Kier molecular flexibility index (Phi) is 6.86. The van der Waals surface area contributed by atoms with E-state index in [0.29, 0.717) is 25.0 Å². The summed E-state index contributed by atoms with van der Waals surface area (Å²) >= 11 is 0. The average molecular weight is 497 g/mol. The normalized spacial score (nSPS) is 42.2. The molecule has 4 saturated carbocycles. The van der Waals surface area contributed by atoms with Crippen LogP contribution >= 0.6 is 0 Å². The van der Waals surface area contributed by atoms with Gasteiger partial charge in [-0.2, -0.15) is 0 Å². The summed E-state index contributed by atoms with van der Waals surface area (Å²) in [4.78, 5) is 12.8. The van der Waals surface area contributed by atoms with Crippen LogP contribution in [0.15, 0.2) is 30.3 Å². The van der Waals surface area contributed by atoms with Crippen LogP contribution in [-0.4, -0.2) is 29.4 Å². The van der Waals surface area contributed by atoms with Crippen molar-refractivity contribution in [2.75, 3.05) is 6.61 Å². The number of aliphatic hydroxyl groups is 1. The van der Waals surface area contributed by atoms with Crippen molar-refractivity contribution >= 4 is 5.97 Å². The van der Waals surface area contributed by atoms with Crippen molar-refractivity contribution in [3.63, 3.8) is 0 Å². The van der Waals surface area contributed by atoms with Crippen molar-refractivity contribution in [3.05, 3.63) is 35.9 Å². The lowest BCUT2D eigenvalue weighted by Gasteiger charge is -2.63. The molecule has 200 valence electrons. The lowest BCUT2D eigenvalue weighted by Crippen LogP contribution is -2.60. The first-order valence-corrected chi connectivity index (χ1v) is 14.6. The molecule has 0 aromatic heterocycles. The van der Waals surface area contributed by atoms with Crippen LogP contribution in [0.5, 0.6) is 0 Å². The molecule has 0 heterocycles. The van der Waals surface area contributed by atoms with E-state index in [9.17, 15) is 9.90 Å². The van der Waals surface area contributed by atoms with Gasteiger partial charge in [0.2, 0.25) is 0 Å². The molecule has 1 N–H and O–H groups in total. The second kappa shape index (κ2) is 9.42. The maximum Gasteiger partial charge on any atom is 0.314 e. The summed E-state index contributed by atoms with van der Waals surface area (Å²) in [5.41, 5.74) is -0.0544. The Bertz CT molecular complexity index is 943. The fourth-order valence-electron chi connectivity index (χ4n) is 9.31. The van der Waals surface area contributed by atoms with Crippen LogP contribution in [0.4, 0.5) is 0 Å². The Balaban J connectivity index is 1.29. The molecule has 4 aliphatic rings. The Morgan fingerprint density at radius 2 is 1.69 bits per heavy atom. The van der Waals surface area contributed by atoms with Gasteiger partial charge in [0.1, 0.15) is 0 Å². The molecule has 0 aliphatic heterocycles. The van der Waals surface area contributed by atoms with Crippen LogP contribution in [-0.2, 0) is 20.9 Å². The van der Waals surface area contributed by atoms with E-state index in [1.165, 1.54) is 44.1 Å². The lowest BCUT2D eigenvalue weighted by atomic mass is 9.43. The highest BCUT2D eigenvalue weighted by molar-refractivity contribution is 5.77. The molecule has 36 heavy (non-hydrogen) atoms. The zero-order valence-electron chi connectivity index (χ0n) is 23.2. The number of rotatable bonds is 6. The van der Waals surface area contributed by atoms with E-state index in [0.717, 1.165) is 37.2 Å². The van der Waals surface area contributed by atoms with E-state index in [4.69, 9.17) is 9.47 Å². The summed E-state index contributed by atoms with van der Waals surface area (Å²) < 4.78 is 12.0. The molecular formula is C32H48O4. The van der Waals surface area contributed by atoms with Crippen LogP contribution in [0.2, 0.25) is 0 Å². The summed E-state index contributed by atoms with van der Waals surface area (Å²) in [5.74, 6) is 2.44. The maximum atomic E-state index is 12.8. The van der Waals surface area contributed by atoms with Gasteiger partial charge in [0.25, 0.3) is 0 Å². The molecule has 4 fully saturated rings. The number of ether oxygens (including phenoxy) is 2. The van der Waals surface area contributed by atoms with Gasteiger partial charge in [0, 0.05) is 0 Å². The molecule has 4 heteroatoms. The maximum absolute atomic E-state index is 12.8. The molecule has 4 aliphatic carbocycles. The van der Waals surface area contributed by atoms with E-state index in [2.05, 4.69) is 44.2 Å². The minimum atomic E-state index is -0.983. The van der Waals surface area contributed by atoms with E-state index in [1.807, 2.05) is 20.8 Å². The van der Waals surface area contributed by atoms with Gasteiger partial charge >= 0.3 is 5.97 Å². The minimum Gasteiger partial charge on any atom is -0.465 e. The highest BCUT2D eigenvalue weighted by atomic mass is 16.5. The fraction of sp³-hybridized carbons (Fsp3) is 0.781. The average Bonchev–Trinajstić information content (AvgIpc) is 3.20. The monoisotopic (exact) mass is 496 g/mol. The molecular weight excluding hydrogens is 448 g/mol. The van der Waals surface area contributed by atoms with Gasteiger partial charge in [-0.05, 0) is 119 Å². The predicted octanol–water partition coefficient (Wildman–Crippen LogP) is 6.93. The van der Waals surface area contributed by atoms with E-state index >= 15 is 0 Å². The van der Waals surface area contributed by atoms with Crippen LogP contribution in [0.1, 0.15) is 98.0 Å². The second-order valence-electron chi connectivity index (χ2n) is 13.6. The third kappa shape index (κ3) is 4.06. The first kappa shape index (κ1) is 26.2. The molecule has 0 bridgehead atoms. The Morgan fingerprint density at radius 1 is 0.972 bits per heavy atom. The Morgan fingerprint density at radius 3 is 2.42 bits per heavy atom. The fourth-order valence-corrected chi connectivity index (χ4v) is 9.31. The van der Waals surface area contributed by atoms with Gasteiger partial charge in [0.15, 0.2) is 0 Å². The topological polar surface area (TPSA) is 55.8 Å². The molecule has 0 saturated heterocycles. The largest absolute Gasteiger partial charge is 0.465 e. The van der Waals surface area contributed by atoms with Crippen LogP contribution < -0.4 is 0 Å². The SMILES string of the molecule is CCOC(=O)C(C)(C)C1(O)CC[C@]2(C)C3CC[C@@]4(C)C(CC[C@@H]4OCc4ccccc4)C3CC[C@H]2C1. The zero-order valence-corrected chi connectivity index (χ0v) is 23.2. The van der Waals surface area contributed by atoms with Crippen LogP contribution in [0, 0.1) is 39.9 Å². The van der Waals surface area contributed by atoms with Crippen molar-refractivity contribution in [2.45, 2.75) is 111 Å². The Labute approximate surface area is 218 Å². The molecule has 1 aromatic rings. The van der Waals surface area contributed by atoms with Crippen molar-refractivity contribution in [3.8, 4) is 0 Å². The van der Waals surface area contributed by atoms with E-state index in [1.54, 1.807) is 0 Å². The number of fused-ring (bicyclic) bond motifs is 5. The lowest BCUT2D eigenvalue weighted by molar-refractivity contribution is -0.200.